The highest BCUT2D eigenvalue weighted by molar-refractivity contribution is 5.75. The number of rotatable bonds is 1. The van der Waals surface area contributed by atoms with E-state index >= 15 is 0 Å². The molecule has 0 N–H and O–H groups in total. The summed E-state index contributed by atoms with van der Waals surface area (Å²) < 4.78 is 11.1. The highest BCUT2D eigenvalue weighted by atomic mass is 16.5. The topological polar surface area (TPSA) is 38.8 Å². The molecule has 0 saturated carbocycles. The smallest absolute Gasteiger partial charge is 0.313 e. The zero-order chi connectivity index (χ0) is 13.5. The number of likely N-dealkylation sites (tertiary alicyclic amines) is 1. The summed E-state index contributed by atoms with van der Waals surface area (Å²) >= 11 is 0. The molecule has 1 aromatic carbocycles. The fourth-order valence-electron chi connectivity index (χ4n) is 3.46. The molecular weight excluding hydrogens is 242 g/mol. The maximum absolute atomic E-state index is 12.1. The number of benzene rings is 1. The Hall–Kier alpha value is -1.39. The molecule has 4 nitrogen and oxygen atoms in total. The van der Waals surface area contributed by atoms with E-state index in [9.17, 15) is 4.79 Å². The second-order valence-electron chi connectivity index (χ2n) is 5.24. The fourth-order valence-corrected chi connectivity index (χ4v) is 3.46. The summed E-state index contributed by atoms with van der Waals surface area (Å²) in [7, 11) is 3.47. The number of fused-ring (bicyclic) bond motifs is 2. The van der Waals surface area contributed by atoms with Gasteiger partial charge in [0.25, 0.3) is 0 Å². The minimum atomic E-state index is -0.637. The van der Waals surface area contributed by atoms with Gasteiger partial charge in [0, 0.05) is 12.1 Å². The SMILES string of the molecule is COC(=O)C1CCN(C)[C@@]12OCCc1ccccc12. The van der Waals surface area contributed by atoms with Crippen molar-refractivity contribution in [2.45, 2.75) is 18.6 Å². The minimum Gasteiger partial charge on any atom is -0.469 e. The number of ether oxygens (including phenoxy) is 2. The lowest BCUT2D eigenvalue weighted by atomic mass is 9.84. The molecule has 1 aromatic rings. The van der Waals surface area contributed by atoms with Crippen LogP contribution in [-0.2, 0) is 26.4 Å². The molecule has 4 heteroatoms. The highest BCUT2D eigenvalue weighted by Gasteiger charge is 2.55. The Morgan fingerprint density at radius 3 is 3.05 bits per heavy atom. The predicted molar refractivity (Wildman–Crippen MR) is 70.5 cm³/mol. The molecule has 0 radical (unpaired) electrons. The molecule has 1 unspecified atom stereocenters. The first-order valence-electron chi connectivity index (χ1n) is 6.71. The third-order valence-corrected chi connectivity index (χ3v) is 4.38. The monoisotopic (exact) mass is 261 g/mol. The highest BCUT2D eigenvalue weighted by Crippen LogP contribution is 2.47. The van der Waals surface area contributed by atoms with E-state index in [0.717, 1.165) is 24.9 Å². The van der Waals surface area contributed by atoms with Crippen LogP contribution in [0, 0.1) is 5.92 Å². The van der Waals surface area contributed by atoms with Gasteiger partial charge in [-0.1, -0.05) is 24.3 Å². The van der Waals surface area contributed by atoms with Gasteiger partial charge in [0.05, 0.1) is 13.7 Å². The van der Waals surface area contributed by atoms with Gasteiger partial charge in [-0.15, -0.1) is 0 Å². The van der Waals surface area contributed by atoms with Gasteiger partial charge in [0.2, 0.25) is 0 Å². The summed E-state index contributed by atoms with van der Waals surface area (Å²) in [4.78, 5) is 14.3. The van der Waals surface area contributed by atoms with Gasteiger partial charge in [-0.2, -0.15) is 0 Å². The Labute approximate surface area is 113 Å². The zero-order valence-corrected chi connectivity index (χ0v) is 11.4. The number of methoxy groups -OCH3 is 1. The van der Waals surface area contributed by atoms with Crippen LogP contribution in [0.5, 0.6) is 0 Å². The maximum Gasteiger partial charge on any atom is 0.313 e. The molecule has 0 aliphatic carbocycles. The van der Waals surface area contributed by atoms with Crippen LogP contribution in [-0.4, -0.2) is 38.2 Å². The Kier molecular flexibility index (Phi) is 3.07. The second-order valence-corrected chi connectivity index (χ2v) is 5.24. The third-order valence-electron chi connectivity index (χ3n) is 4.38. The summed E-state index contributed by atoms with van der Waals surface area (Å²) in [5.74, 6) is -0.426. The molecule has 1 spiro atoms. The van der Waals surface area contributed by atoms with Crippen molar-refractivity contribution in [3.63, 3.8) is 0 Å². The number of carbonyl (C=O) groups is 1. The minimum absolute atomic E-state index is 0.180. The molecular formula is C15H19NO3. The van der Waals surface area contributed by atoms with Crippen molar-refractivity contribution in [3.8, 4) is 0 Å². The van der Waals surface area contributed by atoms with Crippen LogP contribution in [0.2, 0.25) is 0 Å². The van der Waals surface area contributed by atoms with Crippen LogP contribution in [0.25, 0.3) is 0 Å². The Morgan fingerprint density at radius 2 is 2.26 bits per heavy atom. The van der Waals surface area contributed by atoms with Crippen LogP contribution in [0.3, 0.4) is 0 Å². The van der Waals surface area contributed by atoms with E-state index in [2.05, 4.69) is 17.0 Å². The van der Waals surface area contributed by atoms with Crippen molar-refractivity contribution >= 4 is 5.97 Å². The van der Waals surface area contributed by atoms with Crippen molar-refractivity contribution < 1.29 is 14.3 Å². The predicted octanol–water partition coefficient (Wildman–Crippen LogP) is 1.54. The standard InChI is InChI=1S/C15H19NO3/c1-16-9-7-13(14(17)18-2)15(16)12-6-4-3-5-11(12)8-10-19-15/h3-6,13H,7-10H2,1-2H3/t13?,15-/m0/s1. The first kappa shape index (κ1) is 12.6. The summed E-state index contributed by atoms with van der Waals surface area (Å²) in [6, 6.07) is 8.25. The first-order chi connectivity index (χ1) is 9.20. The van der Waals surface area contributed by atoms with Crippen LogP contribution in [0.4, 0.5) is 0 Å². The average Bonchev–Trinajstić information content (AvgIpc) is 2.77. The molecule has 102 valence electrons. The number of nitrogens with zero attached hydrogens (tertiary/aromatic N) is 1. The van der Waals surface area contributed by atoms with Gasteiger partial charge in [0.1, 0.15) is 5.92 Å². The normalized spacial score (nSPS) is 30.3. The fraction of sp³-hybridized carbons (Fsp3) is 0.533. The van der Waals surface area contributed by atoms with Crippen molar-refractivity contribution in [1.82, 2.24) is 4.90 Å². The molecule has 1 saturated heterocycles. The Morgan fingerprint density at radius 1 is 1.47 bits per heavy atom. The second kappa shape index (κ2) is 4.62. The Bertz CT molecular complexity index is 502. The number of esters is 1. The summed E-state index contributed by atoms with van der Waals surface area (Å²) in [6.07, 6.45) is 1.68. The molecule has 2 aliphatic rings. The van der Waals surface area contributed by atoms with Crippen LogP contribution in [0.15, 0.2) is 24.3 Å². The van der Waals surface area contributed by atoms with E-state index in [1.807, 2.05) is 19.2 Å². The molecule has 1 fully saturated rings. The van der Waals surface area contributed by atoms with Crippen molar-refractivity contribution in [2.75, 3.05) is 27.3 Å². The Balaban J connectivity index is 2.13. The molecule has 3 rings (SSSR count). The van der Waals surface area contributed by atoms with E-state index < -0.39 is 5.72 Å². The lowest BCUT2D eigenvalue weighted by molar-refractivity contribution is -0.188. The van der Waals surface area contributed by atoms with Gasteiger partial charge in [-0.05, 0) is 25.5 Å². The van der Waals surface area contributed by atoms with Crippen LogP contribution in [0.1, 0.15) is 17.5 Å². The van der Waals surface area contributed by atoms with E-state index in [1.54, 1.807) is 0 Å². The van der Waals surface area contributed by atoms with E-state index in [4.69, 9.17) is 9.47 Å². The lowest BCUT2D eigenvalue weighted by Gasteiger charge is -2.43. The molecule has 2 aliphatic heterocycles. The van der Waals surface area contributed by atoms with Crippen molar-refractivity contribution in [3.05, 3.63) is 35.4 Å². The van der Waals surface area contributed by atoms with Gasteiger partial charge in [-0.25, -0.2) is 0 Å². The number of carbonyl (C=O) groups excluding carboxylic acids is 1. The van der Waals surface area contributed by atoms with Crippen molar-refractivity contribution in [2.24, 2.45) is 5.92 Å². The maximum atomic E-state index is 12.1. The lowest BCUT2D eigenvalue weighted by Crippen LogP contribution is -2.51. The van der Waals surface area contributed by atoms with E-state index in [-0.39, 0.29) is 11.9 Å². The third kappa shape index (κ3) is 1.70. The molecule has 0 amide bonds. The van der Waals surface area contributed by atoms with Gasteiger partial charge < -0.3 is 9.47 Å². The molecule has 2 atom stereocenters. The summed E-state index contributed by atoms with van der Waals surface area (Å²) in [6.45, 7) is 1.49. The van der Waals surface area contributed by atoms with Crippen LogP contribution < -0.4 is 0 Å². The number of hydrogen-bond donors (Lipinski definition) is 0. The molecule has 0 bridgehead atoms. The van der Waals surface area contributed by atoms with E-state index in [1.165, 1.54) is 12.7 Å². The summed E-state index contributed by atoms with van der Waals surface area (Å²) in [5.41, 5.74) is 1.76. The van der Waals surface area contributed by atoms with E-state index in [0.29, 0.717) is 6.61 Å². The number of hydrogen-bond acceptors (Lipinski definition) is 4. The zero-order valence-electron chi connectivity index (χ0n) is 11.4. The van der Waals surface area contributed by atoms with Gasteiger partial charge in [0.15, 0.2) is 5.72 Å². The quantitative estimate of drug-likeness (QED) is 0.719. The molecule has 0 aromatic heterocycles. The van der Waals surface area contributed by atoms with Gasteiger partial charge >= 0.3 is 5.97 Å². The van der Waals surface area contributed by atoms with Crippen molar-refractivity contribution in [1.29, 1.82) is 0 Å². The molecule has 2 heterocycles. The van der Waals surface area contributed by atoms with Crippen LogP contribution >= 0.6 is 0 Å². The van der Waals surface area contributed by atoms with Gasteiger partial charge in [-0.3, -0.25) is 9.69 Å². The largest absolute Gasteiger partial charge is 0.469 e. The average molecular weight is 261 g/mol. The molecule has 19 heavy (non-hydrogen) atoms. The first-order valence-corrected chi connectivity index (χ1v) is 6.71. The summed E-state index contributed by atoms with van der Waals surface area (Å²) in [5, 5.41) is 0.